The molecule has 1 aromatic carbocycles. The van der Waals surface area contributed by atoms with Gasteiger partial charge in [-0.05, 0) is 44.5 Å². The van der Waals surface area contributed by atoms with Gasteiger partial charge in [0.15, 0.2) is 5.82 Å². The third kappa shape index (κ3) is 3.07. The Morgan fingerprint density at radius 1 is 1.29 bits per heavy atom. The summed E-state index contributed by atoms with van der Waals surface area (Å²) in [6, 6.07) is 8.56. The number of benzene rings is 1. The van der Waals surface area contributed by atoms with Gasteiger partial charge in [-0.1, -0.05) is 17.3 Å². The van der Waals surface area contributed by atoms with Gasteiger partial charge in [-0.2, -0.15) is 10.1 Å². The number of rotatable bonds is 6. The second-order valence-corrected chi connectivity index (χ2v) is 6.34. The Labute approximate surface area is 140 Å². The van der Waals surface area contributed by atoms with Crippen LogP contribution in [0.25, 0.3) is 5.69 Å². The maximum Gasteiger partial charge on any atom is 0.240 e. The van der Waals surface area contributed by atoms with Crippen LogP contribution in [0.15, 0.2) is 41.4 Å². The molecule has 7 heteroatoms. The molecule has 0 saturated heterocycles. The molecule has 2 heterocycles. The molecule has 0 amide bonds. The quantitative estimate of drug-likeness (QED) is 0.694. The molecule has 1 aliphatic rings. The Hall–Kier alpha value is -2.54. The van der Waals surface area contributed by atoms with Crippen LogP contribution in [-0.2, 0) is 6.54 Å². The monoisotopic (exact) mass is 324 g/mol. The summed E-state index contributed by atoms with van der Waals surface area (Å²) < 4.78 is 7.12. The normalized spacial score (nSPS) is 15.8. The smallest absolute Gasteiger partial charge is 0.240 e. The minimum atomic E-state index is 0.242. The minimum absolute atomic E-state index is 0.242. The molecule has 124 valence electrons. The van der Waals surface area contributed by atoms with Crippen LogP contribution in [0.4, 0.5) is 0 Å². The van der Waals surface area contributed by atoms with Crippen molar-refractivity contribution >= 4 is 0 Å². The fourth-order valence-electron chi connectivity index (χ4n) is 2.69. The molecule has 7 nitrogen and oxygen atoms in total. The summed E-state index contributed by atoms with van der Waals surface area (Å²) >= 11 is 0. The molecular formula is C17H20N6O. The van der Waals surface area contributed by atoms with Crippen LogP contribution in [0, 0.1) is 0 Å². The predicted molar refractivity (Wildman–Crippen MR) is 87.5 cm³/mol. The maximum atomic E-state index is 5.37. The number of hydrogen-bond acceptors (Lipinski definition) is 6. The van der Waals surface area contributed by atoms with Crippen LogP contribution >= 0.6 is 0 Å². The molecule has 2 aromatic heterocycles. The van der Waals surface area contributed by atoms with Crippen molar-refractivity contribution in [1.82, 2.24) is 29.8 Å². The first kappa shape index (κ1) is 15.0. The van der Waals surface area contributed by atoms with Crippen LogP contribution in [0.1, 0.15) is 49.0 Å². The van der Waals surface area contributed by atoms with Gasteiger partial charge in [-0.25, -0.2) is 9.67 Å². The highest BCUT2D eigenvalue weighted by Crippen LogP contribution is 2.38. The van der Waals surface area contributed by atoms with E-state index in [-0.39, 0.29) is 6.04 Å². The van der Waals surface area contributed by atoms with E-state index in [9.17, 15) is 0 Å². The first-order chi connectivity index (χ1) is 11.7. The highest BCUT2D eigenvalue weighted by molar-refractivity contribution is 5.34. The lowest BCUT2D eigenvalue weighted by Crippen LogP contribution is -2.22. The van der Waals surface area contributed by atoms with E-state index in [4.69, 9.17) is 4.52 Å². The van der Waals surface area contributed by atoms with E-state index in [2.05, 4.69) is 51.2 Å². The summed E-state index contributed by atoms with van der Waals surface area (Å²) in [4.78, 5) is 10.7. The lowest BCUT2D eigenvalue weighted by molar-refractivity contribution is 0.216. The summed E-state index contributed by atoms with van der Waals surface area (Å²) in [5, 5.41) is 8.22. The van der Waals surface area contributed by atoms with E-state index in [1.165, 1.54) is 24.7 Å². The average Bonchev–Trinajstić information content (AvgIpc) is 3.11. The van der Waals surface area contributed by atoms with Crippen molar-refractivity contribution < 1.29 is 4.52 Å². The van der Waals surface area contributed by atoms with Crippen molar-refractivity contribution in [2.24, 2.45) is 0 Å². The Morgan fingerprint density at radius 3 is 2.75 bits per heavy atom. The van der Waals surface area contributed by atoms with Crippen molar-refractivity contribution in [1.29, 1.82) is 0 Å². The average molecular weight is 324 g/mol. The van der Waals surface area contributed by atoms with Crippen LogP contribution in [-0.4, -0.2) is 36.9 Å². The fourth-order valence-corrected chi connectivity index (χ4v) is 2.69. The zero-order valence-electron chi connectivity index (χ0n) is 13.8. The summed E-state index contributed by atoms with van der Waals surface area (Å²) in [6.07, 6.45) is 5.59. The second-order valence-electron chi connectivity index (χ2n) is 6.34. The number of nitrogens with zero attached hydrogens (tertiary/aromatic N) is 6. The summed E-state index contributed by atoms with van der Waals surface area (Å²) in [7, 11) is 2.07. The molecule has 1 fully saturated rings. The number of aromatic nitrogens is 5. The Morgan fingerprint density at radius 2 is 2.08 bits per heavy atom. The van der Waals surface area contributed by atoms with Gasteiger partial charge in [0.05, 0.1) is 12.2 Å². The van der Waals surface area contributed by atoms with Crippen molar-refractivity contribution in [2.45, 2.75) is 38.3 Å². The van der Waals surface area contributed by atoms with Crippen molar-refractivity contribution in [3.63, 3.8) is 0 Å². The van der Waals surface area contributed by atoms with Gasteiger partial charge in [-0.3, -0.25) is 4.90 Å². The van der Waals surface area contributed by atoms with Gasteiger partial charge in [-0.15, -0.1) is 0 Å². The topological polar surface area (TPSA) is 72.9 Å². The second kappa shape index (κ2) is 6.16. The van der Waals surface area contributed by atoms with E-state index >= 15 is 0 Å². The first-order valence-electron chi connectivity index (χ1n) is 8.18. The predicted octanol–water partition coefficient (Wildman–Crippen LogP) is 2.72. The van der Waals surface area contributed by atoms with Gasteiger partial charge in [0, 0.05) is 12.0 Å². The summed E-state index contributed by atoms with van der Waals surface area (Å²) in [6.45, 7) is 2.81. The van der Waals surface area contributed by atoms with E-state index in [1.807, 2.05) is 12.1 Å². The molecule has 24 heavy (non-hydrogen) atoms. The van der Waals surface area contributed by atoms with Crippen LogP contribution in [0.5, 0.6) is 0 Å². The zero-order valence-corrected chi connectivity index (χ0v) is 13.8. The molecule has 0 spiro atoms. The van der Waals surface area contributed by atoms with E-state index < -0.39 is 0 Å². The summed E-state index contributed by atoms with van der Waals surface area (Å²) in [5.74, 6) is 2.07. The molecule has 0 aliphatic heterocycles. The van der Waals surface area contributed by atoms with Crippen molar-refractivity contribution in [3.05, 3.63) is 54.2 Å². The molecule has 0 bridgehead atoms. The van der Waals surface area contributed by atoms with Crippen LogP contribution in [0.3, 0.4) is 0 Å². The third-order valence-electron chi connectivity index (χ3n) is 4.53. The maximum absolute atomic E-state index is 5.37. The minimum Gasteiger partial charge on any atom is -0.338 e. The molecular weight excluding hydrogens is 304 g/mol. The molecule has 0 N–H and O–H groups in total. The number of hydrogen-bond donors (Lipinski definition) is 0. The van der Waals surface area contributed by atoms with Gasteiger partial charge in [0.2, 0.25) is 5.89 Å². The van der Waals surface area contributed by atoms with Crippen molar-refractivity contribution in [3.8, 4) is 5.69 Å². The lowest BCUT2D eigenvalue weighted by atomic mass is 10.1. The summed E-state index contributed by atoms with van der Waals surface area (Å²) in [5.41, 5.74) is 2.22. The van der Waals surface area contributed by atoms with Crippen LogP contribution in [0.2, 0.25) is 0 Å². The largest absolute Gasteiger partial charge is 0.338 e. The fraction of sp³-hybridized carbons (Fsp3) is 0.412. The van der Waals surface area contributed by atoms with Crippen LogP contribution < -0.4 is 0 Å². The third-order valence-corrected chi connectivity index (χ3v) is 4.53. The zero-order chi connectivity index (χ0) is 16.5. The van der Waals surface area contributed by atoms with E-state index in [1.54, 1.807) is 11.0 Å². The Kier molecular flexibility index (Phi) is 3.86. The van der Waals surface area contributed by atoms with Gasteiger partial charge in [0.25, 0.3) is 0 Å². The standard InChI is InChI=1S/C17H20N6O/c1-12(13-5-7-15(8-6-13)23-11-18-10-19-23)22(2)9-16-20-17(21-24-16)14-3-4-14/h5-8,10-12,14H,3-4,9H2,1-2H3/t12-/m1/s1. The first-order valence-corrected chi connectivity index (χ1v) is 8.18. The van der Waals surface area contributed by atoms with Gasteiger partial charge >= 0.3 is 0 Å². The highest BCUT2D eigenvalue weighted by atomic mass is 16.5. The molecule has 0 unspecified atom stereocenters. The highest BCUT2D eigenvalue weighted by Gasteiger charge is 2.29. The molecule has 1 saturated carbocycles. The van der Waals surface area contributed by atoms with Gasteiger partial charge in [0.1, 0.15) is 12.7 Å². The molecule has 1 atom stereocenters. The SMILES string of the molecule is C[C@H](c1ccc(-n2cncn2)cc1)N(C)Cc1nc(C2CC2)no1. The molecule has 4 rings (SSSR count). The van der Waals surface area contributed by atoms with Crippen molar-refractivity contribution in [2.75, 3.05) is 7.05 Å². The van der Waals surface area contributed by atoms with Gasteiger partial charge < -0.3 is 4.52 Å². The molecule has 1 aliphatic carbocycles. The Balaban J connectivity index is 1.42. The Bertz CT molecular complexity index is 791. The van der Waals surface area contributed by atoms with E-state index in [0.717, 1.165) is 11.5 Å². The van der Waals surface area contributed by atoms with E-state index in [0.29, 0.717) is 18.4 Å². The lowest BCUT2D eigenvalue weighted by Gasteiger charge is -2.23. The molecule has 3 aromatic rings. The molecule has 0 radical (unpaired) electrons.